The van der Waals surface area contributed by atoms with Crippen molar-refractivity contribution in [3.63, 3.8) is 0 Å². The lowest BCUT2D eigenvalue weighted by molar-refractivity contribution is 0.0238. The van der Waals surface area contributed by atoms with Gasteiger partial charge in [-0.25, -0.2) is 0 Å². The van der Waals surface area contributed by atoms with E-state index in [-0.39, 0.29) is 7.43 Å². The minimum atomic E-state index is 0. The normalized spacial score (nSPS) is 13.0. The molecule has 3 aromatic heterocycles. The summed E-state index contributed by atoms with van der Waals surface area (Å²) in [6, 6.07) is 10.9. The first-order valence-corrected chi connectivity index (χ1v) is 13.1. The summed E-state index contributed by atoms with van der Waals surface area (Å²) < 4.78 is 5.21. The summed E-state index contributed by atoms with van der Waals surface area (Å²) in [5.74, 6) is 1.79. The van der Waals surface area contributed by atoms with Gasteiger partial charge in [0.2, 0.25) is 0 Å². The Morgan fingerprint density at radius 1 is 0.595 bits per heavy atom. The minimum Gasteiger partial charge on any atom is -0.379 e. The Labute approximate surface area is 226 Å². The van der Waals surface area contributed by atoms with Crippen LogP contribution >= 0.6 is 0 Å². The largest absolute Gasteiger partial charge is 0.379 e. The number of nitrogens with zero attached hydrogens (tertiary/aromatic N) is 5. The number of rotatable bonds is 4. The SMILES string of the molecule is C.CC(C)N1CCOCC1.CC(C)c1ccncc1.CC(C)c1ccncc1.CC(C)c1ccnnc1. The van der Waals surface area contributed by atoms with Crippen molar-refractivity contribution in [2.45, 2.75) is 86.6 Å². The van der Waals surface area contributed by atoms with Gasteiger partial charge >= 0.3 is 0 Å². The van der Waals surface area contributed by atoms with Crippen LogP contribution in [0.15, 0.2) is 67.5 Å². The van der Waals surface area contributed by atoms with Crippen molar-refractivity contribution in [2.75, 3.05) is 26.3 Å². The zero-order chi connectivity index (χ0) is 26.8. The van der Waals surface area contributed by atoms with Crippen LogP contribution in [0.4, 0.5) is 0 Å². The van der Waals surface area contributed by atoms with Crippen molar-refractivity contribution >= 4 is 0 Å². The van der Waals surface area contributed by atoms with Crippen LogP contribution in [-0.4, -0.2) is 57.4 Å². The van der Waals surface area contributed by atoms with Gasteiger partial charge in [0.05, 0.1) is 19.4 Å². The van der Waals surface area contributed by atoms with Crippen molar-refractivity contribution in [2.24, 2.45) is 0 Å². The van der Waals surface area contributed by atoms with E-state index in [9.17, 15) is 0 Å². The predicted octanol–water partition coefficient (Wildman–Crippen LogP) is 7.37. The van der Waals surface area contributed by atoms with Crippen LogP contribution < -0.4 is 0 Å². The molecule has 6 nitrogen and oxygen atoms in total. The Kier molecular flexibility index (Phi) is 18.9. The van der Waals surface area contributed by atoms with E-state index in [2.05, 4.69) is 80.5 Å². The Bertz CT molecular complexity index is 778. The third-order valence-corrected chi connectivity index (χ3v) is 5.80. The third kappa shape index (κ3) is 15.9. The van der Waals surface area contributed by atoms with E-state index in [1.54, 1.807) is 12.4 Å². The Balaban J connectivity index is 0.000000463. The zero-order valence-electron chi connectivity index (χ0n) is 23.6. The van der Waals surface area contributed by atoms with Gasteiger partial charge in [-0.3, -0.25) is 14.9 Å². The maximum atomic E-state index is 5.21. The zero-order valence-corrected chi connectivity index (χ0v) is 23.6. The molecular weight excluding hydrogens is 458 g/mol. The Morgan fingerprint density at radius 3 is 1.24 bits per heavy atom. The first-order valence-electron chi connectivity index (χ1n) is 13.1. The quantitative estimate of drug-likeness (QED) is 0.366. The summed E-state index contributed by atoms with van der Waals surface area (Å²) in [4.78, 5) is 10.3. The average molecular weight is 510 g/mol. The fraction of sp³-hybridized carbons (Fsp3) is 0.548. The van der Waals surface area contributed by atoms with E-state index in [0.29, 0.717) is 23.8 Å². The van der Waals surface area contributed by atoms with E-state index in [0.717, 1.165) is 26.3 Å². The van der Waals surface area contributed by atoms with Crippen molar-refractivity contribution in [3.05, 3.63) is 84.2 Å². The molecule has 206 valence electrons. The summed E-state index contributed by atoms with van der Waals surface area (Å²) in [6.07, 6.45) is 10.8. The second kappa shape index (κ2) is 20.4. The van der Waals surface area contributed by atoms with Crippen molar-refractivity contribution in [3.8, 4) is 0 Å². The Morgan fingerprint density at radius 2 is 1.00 bits per heavy atom. The number of hydrogen-bond acceptors (Lipinski definition) is 6. The first-order chi connectivity index (χ1) is 17.2. The molecule has 0 aliphatic carbocycles. The molecule has 0 atom stereocenters. The molecule has 0 bridgehead atoms. The molecule has 0 aromatic carbocycles. The monoisotopic (exact) mass is 509 g/mol. The number of ether oxygens (including phenoxy) is 1. The van der Waals surface area contributed by atoms with Crippen LogP contribution in [0.5, 0.6) is 0 Å². The topological polar surface area (TPSA) is 64.0 Å². The summed E-state index contributed by atoms with van der Waals surface area (Å²) in [5, 5.41) is 7.43. The molecule has 1 aliphatic heterocycles. The summed E-state index contributed by atoms with van der Waals surface area (Å²) in [7, 11) is 0. The molecule has 0 unspecified atom stereocenters. The highest BCUT2D eigenvalue weighted by Gasteiger charge is 2.12. The molecule has 3 aromatic rings. The smallest absolute Gasteiger partial charge is 0.0594 e. The van der Waals surface area contributed by atoms with Gasteiger partial charge in [0.15, 0.2) is 0 Å². The Hall–Kier alpha value is -2.70. The van der Waals surface area contributed by atoms with Crippen LogP contribution in [0.3, 0.4) is 0 Å². The molecule has 1 fully saturated rings. The molecule has 1 saturated heterocycles. The molecule has 0 N–H and O–H groups in total. The number of pyridine rings is 2. The molecule has 4 rings (SSSR count). The van der Waals surface area contributed by atoms with Gasteiger partial charge in [-0.05, 0) is 78.6 Å². The lowest BCUT2D eigenvalue weighted by Crippen LogP contribution is -2.40. The molecule has 1 aliphatic rings. The highest BCUT2D eigenvalue weighted by Crippen LogP contribution is 2.12. The molecule has 0 spiro atoms. The van der Waals surface area contributed by atoms with Gasteiger partial charge in [-0.15, -0.1) is 0 Å². The second-order valence-corrected chi connectivity index (χ2v) is 9.94. The van der Waals surface area contributed by atoms with E-state index >= 15 is 0 Å². The van der Waals surface area contributed by atoms with Crippen LogP contribution in [0, 0.1) is 0 Å². The average Bonchev–Trinajstić information content (AvgIpc) is 2.92. The predicted molar refractivity (Wildman–Crippen MR) is 157 cm³/mol. The highest BCUT2D eigenvalue weighted by atomic mass is 16.5. The van der Waals surface area contributed by atoms with Crippen LogP contribution in [0.1, 0.15) is 97.3 Å². The van der Waals surface area contributed by atoms with Gasteiger partial charge < -0.3 is 4.74 Å². The molecule has 0 radical (unpaired) electrons. The second-order valence-electron chi connectivity index (χ2n) is 9.94. The van der Waals surface area contributed by atoms with E-state index in [4.69, 9.17) is 4.74 Å². The molecule has 4 heterocycles. The third-order valence-electron chi connectivity index (χ3n) is 5.80. The van der Waals surface area contributed by atoms with Gasteiger partial charge in [-0.1, -0.05) is 49.0 Å². The lowest BCUT2D eigenvalue weighted by atomic mass is 10.1. The molecular formula is C31H51N5O. The summed E-state index contributed by atoms with van der Waals surface area (Å²) in [5.41, 5.74) is 3.94. The minimum absolute atomic E-state index is 0. The maximum absolute atomic E-state index is 5.21. The first kappa shape index (κ1) is 34.3. The summed E-state index contributed by atoms with van der Waals surface area (Å²) >= 11 is 0. The van der Waals surface area contributed by atoms with Crippen LogP contribution in [-0.2, 0) is 4.74 Å². The van der Waals surface area contributed by atoms with E-state index < -0.39 is 0 Å². The number of morpholine rings is 1. The number of hydrogen-bond donors (Lipinski definition) is 0. The van der Waals surface area contributed by atoms with Crippen LogP contribution in [0.25, 0.3) is 0 Å². The van der Waals surface area contributed by atoms with Crippen molar-refractivity contribution < 1.29 is 4.74 Å². The van der Waals surface area contributed by atoms with Gasteiger partial charge in [0.1, 0.15) is 0 Å². The van der Waals surface area contributed by atoms with Gasteiger partial charge in [0, 0.05) is 50.1 Å². The van der Waals surface area contributed by atoms with Crippen molar-refractivity contribution in [1.82, 2.24) is 25.1 Å². The van der Waals surface area contributed by atoms with E-state index in [1.165, 1.54) is 16.7 Å². The maximum Gasteiger partial charge on any atom is 0.0594 e. The van der Waals surface area contributed by atoms with Gasteiger partial charge in [0.25, 0.3) is 0 Å². The molecule has 0 amide bonds. The number of aromatic nitrogens is 4. The van der Waals surface area contributed by atoms with E-state index in [1.807, 2.05) is 55.1 Å². The standard InChI is InChI=1S/2C8H11N.C7H10N2.C7H15NO.CH4/c2*1-7(2)8-3-5-9-6-4-8;1-6(2)7-3-4-8-9-5-7;1-7(2)8-3-5-9-6-4-8;/h2*3-7H,1-2H3;3-6H,1-2H3;7H,3-6H2,1-2H3;1H4. The molecule has 37 heavy (non-hydrogen) atoms. The van der Waals surface area contributed by atoms with Crippen molar-refractivity contribution in [1.29, 1.82) is 0 Å². The van der Waals surface area contributed by atoms with Crippen LogP contribution in [0.2, 0.25) is 0 Å². The molecule has 6 heteroatoms. The van der Waals surface area contributed by atoms with Gasteiger partial charge in [-0.2, -0.15) is 10.2 Å². The fourth-order valence-electron chi connectivity index (χ4n) is 3.23. The summed E-state index contributed by atoms with van der Waals surface area (Å²) in [6.45, 7) is 21.5. The fourth-order valence-corrected chi connectivity index (χ4v) is 3.23. The molecule has 0 saturated carbocycles. The highest BCUT2D eigenvalue weighted by molar-refractivity contribution is 5.14. The lowest BCUT2D eigenvalue weighted by Gasteiger charge is -2.29.